The van der Waals surface area contributed by atoms with Crippen LogP contribution in [-0.4, -0.2) is 27.7 Å². The summed E-state index contributed by atoms with van der Waals surface area (Å²) in [4.78, 5) is 17.6. The summed E-state index contributed by atoms with van der Waals surface area (Å²) < 4.78 is 32.9. The molecular weight excluding hydrogens is 462 g/mol. The predicted molar refractivity (Wildman–Crippen MR) is 127 cm³/mol. The first-order chi connectivity index (χ1) is 15.5. The Kier molecular flexibility index (Phi) is 5.87. The Morgan fingerprint density at radius 3 is 2.27 bits per heavy atom. The normalized spacial score (nSPS) is 12.5. The first kappa shape index (κ1) is 22.8. The van der Waals surface area contributed by atoms with E-state index in [-0.39, 0.29) is 16.0 Å². The number of rotatable bonds is 5. The molecule has 0 amide bonds. The maximum absolute atomic E-state index is 13.3. The number of hydrogen-bond acceptors (Lipinski definition) is 7. The van der Waals surface area contributed by atoms with E-state index >= 15 is 0 Å². The van der Waals surface area contributed by atoms with E-state index in [1.807, 2.05) is 56.5 Å². The number of aromatic amines is 1. The van der Waals surface area contributed by atoms with Gasteiger partial charge in [-0.2, -0.15) is 18.2 Å². The van der Waals surface area contributed by atoms with Crippen molar-refractivity contribution >= 4 is 32.8 Å². The van der Waals surface area contributed by atoms with Gasteiger partial charge in [-0.25, -0.2) is 4.98 Å². The van der Waals surface area contributed by atoms with Gasteiger partial charge in [0.2, 0.25) is 5.13 Å². The molecule has 0 aliphatic carbocycles. The van der Waals surface area contributed by atoms with Gasteiger partial charge in [-0.15, -0.1) is 16.5 Å². The lowest BCUT2D eigenvalue weighted by Crippen LogP contribution is -2.16. The Morgan fingerprint density at radius 2 is 1.70 bits per heavy atom. The van der Waals surface area contributed by atoms with Crippen molar-refractivity contribution in [3.05, 3.63) is 76.0 Å². The Morgan fingerprint density at radius 1 is 1.03 bits per heavy atom. The van der Waals surface area contributed by atoms with E-state index in [9.17, 15) is 13.2 Å². The molecule has 0 aliphatic heterocycles. The van der Waals surface area contributed by atoms with Crippen LogP contribution >= 0.6 is 11.3 Å². The Labute approximate surface area is 194 Å². The summed E-state index contributed by atoms with van der Waals surface area (Å²) in [5.74, 6) is 0. The molecule has 4 rings (SSSR count). The van der Waals surface area contributed by atoms with Crippen LogP contribution in [0, 0.1) is 0 Å². The molecular formula is C22H21N5O4S2. The number of azo groups is 1. The van der Waals surface area contributed by atoms with Crippen molar-refractivity contribution in [2.75, 3.05) is 0 Å². The number of benzene rings is 2. The highest BCUT2D eigenvalue weighted by Crippen LogP contribution is 2.30. The van der Waals surface area contributed by atoms with Crippen LogP contribution in [0.4, 0.5) is 11.4 Å². The second kappa shape index (κ2) is 8.50. The fourth-order valence-corrected chi connectivity index (χ4v) is 4.45. The fraction of sp³-hybridized carbons (Fsp3) is 0.182. The quantitative estimate of drug-likeness (QED) is 0.296. The van der Waals surface area contributed by atoms with Gasteiger partial charge in [0.05, 0.1) is 22.0 Å². The van der Waals surface area contributed by atoms with E-state index in [2.05, 4.69) is 20.3 Å². The van der Waals surface area contributed by atoms with Crippen LogP contribution in [0.5, 0.6) is 0 Å². The maximum atomic E-state index is 13.3. The number of thiazole rings is 1. The third-order valence-electron chi connectivity index (χ3n) is 4.78. The molecule has 0 fully saturated rings. The molecule has 33 heavy (non-hydrogen) atoms. The van der Waals surface area contributed by atoms with Crippen LogP contribution in [0.15, 0.2) is 79.9 Å². The minimum atomic E-state index is -4.31. The van der Waals surface area contributed by atoms with Crippen LogP contribution in [0.2, 0.25) is 0 Å². The smallest absolute Gasteiger partial charge is 0.286 e. The fourth-order valence-electron chi connectivity index (χ4n) is 2.97. The average Bonchev–Trinajstić information content (AvgIpc) is 3.38. The lowest BCUT2D eigenvalue weighted by Gasteiger charge is -2.14. The molecule has 0 radical (unpaired) electrons. The molecule has 11 heteroatoms. The molecule has 0 spiro atoms. The van der Waals surface area contributed by atoms with E-state index < -0.39 is 15.7 Å². The van der Waals surface area contributed by atoms with E-state index in [1.54, 1.807) is 0 Å². The van der Waals surface area contributed by atoms with E-state index in [1.165, 1.54) is 40.3 Å². The highest BCUT2D eigenvalue weighted by molar-refractivity contribution is 7.85. The van der Waals surface area contributed by atoms with Crippen LogP contribution in [-0.2, 0) is 15.5 Å². The van der Waals surface area contributed by atoms with Crippen molar-refractivity contribution in [1.29, 1.82) is 0 Å². The summed E-state index contributed by atoms with van der Waals surface area (Å²) in [5, 5.41) is 13.8. The zero-order chi connectivity index (χ0) is 23.8. The Bertz CT molecular complexity index is 1480. The summed E-state index contributed by atoms with van der Waals surface area (Å²) in [6.07, 6.45) is 0. The molecule has 4 aromatic rings. The molecule has 2 aromatic heterocycles. The van der Waals surface area contributed by atoms with Gasteiger partial charge in [0.25, 0.3) is 10.1 Å². The number of nitrogens with zero attached hydrogens (tertiary/aromatic N) is 4. The molecule has 0 unspecified atom stereocenters. The predicted octanol–water partition coefficient (Wildman–Crippen LogP) is 5.25. The minimum absolute atomic E-state index is 0.0903. The molecule has 2 heterocycles. The summed E-state index contributed by atoms with van der Waals surface area (Å²) in [7, 11) is -4.31. The van der Waals surface area contributed by atoms with Gasteiger partial charge in [-0.1, -0.05) is 51.1 Å². The zero-order valence-corrected chi connectivity index (χ0v) is 19.7. The summed E-state index contributed by atoms with van der Waals surface area (Å²) in [6.45, 7) is 6.14. The van der Waals surface area contributed by atoms with Crippen LogP contribution in [0.3, 0.4) is 0 Å². The van der Waals surface area contributed by atoms with Crippen LogP contribution in [0.25, 0.3) is 16.4 Å². The molecule has 0 saturated heterocycles. The second-order valence-corrected chi connectivity index (χ2v) is 10.5. The number of hydrogen-bond donors (Lipinski definition) is 2. The van der Waals surface area contributed by atoms with Gasteiger partial charge in [0.1, 0.15) is 0 Å². The molecule has 0 bridgehead atoms. The standard InChI is InChI=1S/C22H21N5O4S2/c1-22(2,3)17-13-32-21(23-17)27-20(28)19(18(26-27)14-7-5-4-6-8-14)25-24-15-9-11-16(12-10-15)33(29,30)31/h4-13,26H,1-3H3,(H,29,30,31). The Hall–Kier alpha value is -3.41. The van der Waals surface area contributed by atoms with Crippen molar-refractivity contribution in [3.63, 3.8) is 0 Å². The molecule has 2 N–H and O–H groups in total. The van der Waals surface area contributed by atoms with E-state index in [0.29, 0.717) is 16.5 Å². The molecule has 170 valence electrons. The largest absolute Gasteiger partial charge is 0.301 e. The summed E-state index contributed by atoms with van der Waals surface area (Å²) in [5.41, 5.74) is 1.92. The molecule has 0 saturated carbocycles. The molecule has 0 atom stereocenters. The van der Waals surface area contributed by atoms with E-state index in [0.717, 1.165) is 11.3 Å². The third kappa shape index (κ3) is 4.85. The SMILES string of the molecule is CC(C)(C)c1csc(-n2[nH]c(-c3ccccc3)c(N=Nc3ccc(S(=O)(=O)O)cc3)c2=O)n1. The monoisotopic (exact) mass is 483 g/mol. The van der Waals surface area contributed by atoms with Crippen molar-refractivity contribution in [2.45, 2.75) is 31.1 Å². The topological polar surface area (TPSA) is 130 Å². The zero-order valence-electron chi connectivity index (χ0n) is 18.1. The molecule has 0 aliphatic rings. The van der Waals surface area contributed by atoms with Gasteiger partial charge in [-0.3, -0.25) is 14.4 Å². The first-order valence-electron chi connectivity index (χ1n) is 9.90. The lowest BCUT2D eigenvalue weighted by molar-refractivity contribution is 0.483. The number of nitrogens with one attached hydrogen (secondary N) is 1. The highest BCUT2D eigenvalue weighted by atomic mass is 32.2. The maximum Gasteiger partial charge on any atom is 0.301 e. The third-order valence-corrected chi connectivity index (χ3v) is 6.47. The Balaban J connectivity index is 1.79. The summed E-state index contributed by atoms with van der Waals surface area (Å²) in [6, 6.07) is 14.4. The van der Waals surface area contributed by atoms with Crippen molar-refractivity contribution in [2.24, 2.45) is 10.2 Å². The summed E-state index contributed by atoms with van der Waals surface area (Å²) >= 11 is 1.35. The minimum Gasteiger partial charge on any atom is -0.286 e. The van der Waals surface area contributed by atoms with Gasteiger partial charge < -0.3 is 0 Å². The lowest BCUT2D eigenvalue weighted by atomic mass is 9.93. The van der Waals surface area contributed by atoms with Crippen molar-refractivity contribution in [3.8, 4) is 16.4 Å². The van der Waals surface area contributed by atoms with Crippen molar-refractivity contribution < 1.29 is 13.0 Å². The van der Waals surface area contributed by atoms with Gasteiger partial charge >= 0.3 is 5.56 Å². The number of aromatic nitrogens is 3. The van der Waals surface area contributed by atoms with Gasteiger partial charge in [0, 0.05) is 16.4 Å². The van der Waals surface area contributed by atoms with Crippen LogP contribution < -0.4 is 5.56 Å². The first-order valence-corrected chi connectivity index (χ1v) is 12.2. The molecule has 9 nitrogen and oxygen atoms in total. The average molecular weight is 484 g/mol. The molecule has 2 aromatic carbocycles. The van der Waals surface area contributed by atoms with E-state index in [4.69, 9.17) is 4.55 Å². The van der Waals surface area contributed by atoms with Gasteiger partial charge in [0.15, 0.2) is 5.69 Å². The van der Waals surface area contributed by atoms with Crippen LogP contribution in [0.1, 0.15) is 26.5 Å². The van der Waals surface area contributed by atoms with Gasteiger partial charge in [-0.05, 0) is 24.3 Å². The highest BCUT2D eigenvalue weighted by Gasteiger charge is 2.22. The number of H-pyrrole nitrogens is 1. The second-order valence-electron chi connectivity index (χ2n) is 8.28. The van der Waals surface area contributed by atoms with Crippen molar-refractivity contribution in [1.82, 2.24) is 14.8 Å².